The largest absolute Gasteiger partial charge is 0.472 e. The molecule has 10 rings (SSSR count). The summed E-state index contributed by atoms with van der Waals surface area (Å²) in [7, 11) is 0. The number of nitrogens with one attached hydrogen (secondary N) is 5. The molecule has 0 saturated heterocycles. The molecule has 0 spiro atoms. The molecule has 4 unspecified atom stereocenters. The molecule has 2 aliphatic heterocycles. The number of aromatic nitrogens is 6. The van der Waals surface area contributed by atoms with Crippen molar-refractivity contribution in [3.05, 3.63) is 182 Å². The quantitative estimate of drug-likeness (QED) is 0.131. The van der Waals surface area contributed by atoms with Gasteiger partial charge in [-0.1, -0.05) is 66.7 Å². The summed E-state index contributed by atoms with van der Waals surface area (Å²) in [4.78, 5) is 34.1. The lowest BCUT2D eigenvalue weighted by Crippen LogP contribution is -2.28. The average molecular weight is 671 g/mol. The summed E-state index contributed by atoms with van der Waals surface area (Å²) in [6.07, 6.45) is 5.95. The smallest absolute Gasteiger partial charge is 0.272 e. The van der Waals surface area contributed by atoms with Crippen molar-refractivity contribution in [2.45, 2.75) is 30.3 Å². The maximum atomic E-state index is 12.8. The monoisotopic (exact) mass is 670 g/mol. The van der Waals surface area contributed by atoms with Gasteiger partial charge in [-0.3, -0.25) is 9.59 Å². The maximum absolute atomic E-state index is 12.8. The normalized spacial score (nSPS) is 19.1. The third-order valence-corrected chi connectivity index (χ3v) is 10.3. The van der Waals surface area contributed by atoms with E-state index in [1.54, 1.807) is 12.5 Å². The zero-order chi connectivity index (χ0) is 34.1. The predicted octanol–water partition coefficient (Wildman–Crippen LogP) is 6.66. The van der Waals surface area contributed by atoms with E-state index >= 15 is 0 Å². The second-order valence-electron chi connectivity index (χ2n) is 13.2. The van der Waals surface area contributed by atoms with E-state index in [-0.39, 0.29) is 35.0 Å². The van der Waals surface area contributed by atoms with Crippen LogP contribution in [0.5, 0.6) is 0 Å². The number of hydrogen-bond donors (Lipinski definition) is 5. The molecular formula is C40H30N8O3. The molecule has 0 bridgehead atoms. The minimum atomic E-state index is -0.286. The van der Waals surface area contributed by atoms with E-state index in [4.69, 9.17) is 9.40 Å². The van der Waals surface area contributed by atoms with Crippen LogP contribution in [0.2, 0.25) is 0 Å². The summed E-state index contributed by atoms with van der Waals surface area (Å²) < 4.78 is 5.53. The molecular weight excluding hydrogens is 640 g/mol. The fraction of sp³-hybridized carbons (Fsp3) is 0.125. The molecule has 248 valence electrons. The van der Waals surface area contributed by atoms with Gasteiger partial charge in [0.25, 0.3) is 11.1 Å². The van der Waals surface area contributed by atoms with Gasteiger partial charge in [-0.05, 0) is 47.0 Å². The van der Waals surface area contributed by atoms with Crippen LogP contribution in [0.1, 0.15) is 69.1 Å². The molecule has 4 aromatic carbocycles. The van der Waals surface area contributed by atoms with Crippen molar-refractivity contribution < 1.29 is 4.42 Å². The second-order valence-corrected chi connectivity index (χ2v) is 13.2. The van der Waals surface area contributed by atoms with Crippen LogP contribution in [-0.4, -0.2) is 30.4 Å². The molecule has 51 heavy (non-hydrogen) atoms. The first-order valence-electron chi connectivity index (χ1n) is 16.9. The van der Waals surface area contributed by atoms with E-state index in [2.05, 4.69) is 72.4 Å². The fourth-order valence-electron chi connectivity index (χ4n) is 8.03. The Bertz CT molecular complexity index is 2720. The summed E-state index contributed by atoms with van der Waals surface area (Å²) >= 11 is 0. The van der Waals surface area contributed by atoms with E-state index in [1.165, 1.54) is 0 Å². The third-order valence-electron chi connectivity index (χ3n) is 10.3. The first-order chi connectivity index (χ1) is 25.1. The molecule has 0 fully saturated rings. The van der Waals surface area contributed by atoms with Gasteiger partial charge in [0.2, 0.25) is 0 Å². The molecule has 0 amide bonds. The van der Waals surface area contributed by atoms with Crippen molar-refractivity contribution in [2.24, 2.45) is 0 Å². The summed E-state index contributed by atoms with van der Waals surface area (Å²) in [6, 6.07) is 31.8. The number of hydrogen-bond acceptors (Lipinski definition) is 8. The molecule has 0 radical (unpaired) electrons. The van der Waals surface area contributed by atoms with Crippen LogP contribution in [0.4, 0.5) is 11.4 Å². The van der Waals surface area contributed by atoms with Crippen LogP contribution >= 0.6 is 0 Å². The predicted molar refractivity (Wildman–Crippen MR) is 194 cm³/mol. The molecule has 4 atom stereocenters. The Balaban J connectivity index is 1.01. The van der Waals surface area contributed by atoms with Gasteiger partial charge in [0.15, 0.2) is 0 Å². The molecule has 11 heteroatoms. The minimum absolute atomic E-state index is 0.168. The van der Waals surface area contributed by atoms with Crippen molar-refractivity contribution >= 4 is 32.9 Å². The lowest BCUT2D eigenvalue weighted by Gasteiger charge is -2.34. The Hall–Kier alpha value is -6.75. The Labute approximate surface area is 289 Å². The van der Waals surface area contributed by atoms with Gasteiger partial charge < -0.3 is 20.0 Å². The fourth-order valence-corrected chi connectivity index (χ4v) is 8.03. The number of anilines is 2. The van der Waals surface area contributed by atoms with E-state index in [9.17, 15) is 9.59 Å². The topological polar surface area (TPSA) is 157 Å². The molecule has 0 saturated carbocycles. The van der Waals surface area contributed by atoms with Gasteiger partial charge in [0.1, 0.15) is 5.82 Å². The van der Waals surface area contributed by atoms with Crippen LogP contribution in [0.15, 0.2) is 130 Å². The highest BCUT2D eigenvalue weighted by Gasteiger charge is 2.38. The highest BCUT2D eigenvalue weighted by molar-refractivity contribution is 5.98. The Morgan fingerprint density at radius 2 is 1.29 bits per heavy atom. The molecule has 0 aliphatic carbocycles. The van der Waals surface area contributed by atoms with Crippen LogP contribution in [-0.2, 0) is 6.42 Å². The molecule has 6 heterocycles. The van der Waals surface area contributed by atoms with E-state index in [0.29, 0.717) is 17.2 Å². The van der Waals surface area contributed by atoms with Crippen molar-refractivity contribution in [1.82, 2.24) is 30.4 Å². The van der Waals surface area contributed by atoms with Gasteiger partial charge in [-0.25, -0.2) is 15.2 Å². The second kappa shape index (κ2) is 11.4. The molecule has 11 nitrogen and oxygen atoms in total. The summed E-state index contributed by atoms with van der Waals surface area (Å²) in [5.41, 5.74) is 7.97. The number of benzene rings is 4. The number of aromatic amines is 3. The van der Waals surface area contributed by atoms with Gasteiger partial charge in [-0.15, -0.1) is 0 Å². The van der Waals surface area contributed by atoms with E-state index in [0.717, 1.165) is 67.3 Å². The zero-order valence-corrected chi connectivity index (χ0v) is 27.1. The van der Waals surface area contributed by atoms with Crippen LogP contribution in [0.3, 0.4) is 0 Å². The number of rotatable bonds is 6. The number of imidazole rings is 1. The van der Waals surface area contributed by atoms with Crippen molar-refractivity contribution in [3.63, 3.8) is 0 Å². The lowest BCUT2D eigenvalue weighted by atomic mass is 9.80. The van der Waals surface area contributed by atoms with Crippen LogP contribution < -0.4 is 21.8 Å². The van der Waals surface area contributed by atoms with Gasteiger partial charge in [0, 0.05) is 40.3 Å². The van der Waals surface area contributed by atoms with Crippen molar-refractivity contribution in [1.29, 1.82) is 0 Å². The Kier molecular flexibility index (Phi) is 6.53. The highest BCUT2D eigenvalue weighted by atomic mass is 16.3. The van der Waals surface area contributed by atoms with Gasteiger partial charge in [-0.2, -0.15) is 10.2 Å². The SMILES string of the molecule is O=c1[nH]nc2c3c(cccc13)NC(c1cccc(Cc3c[nH]c(C4c5n[nH]c(=O)c6cccc(c56)NC4c4ccccc4)n3)c1)C2c1ccoc1. The van der Waals surface area contributed by atoms with E-state index < -0.39 is 0 Å². The molecule has 5 N–H and O–H groups in total. The Morgan fingerprint density at radius 3 is 1.98 bits per heavy atom. The van der Waals surface area contributed by atoms with E-state index in [1.807, 2.05) is 66.9 Å². The third kappa shape index (κ3) is 4.69. The minimum Gasteiger partial charge on any atom is -0.472 e. The van der Waals surface area contributed by atoms with Crippen molar-refractivity contribution in [2.75, 3.05) is 10.6 Å². The summed E-state index contributed by atoms with van der Waals surface area (Å²) in [5.74, 6) is 0.269. The maximum Gasteiger partial charge on any atom is 0.272 e. The number of nitrogens with zero attached hydrogens (tertiary/aromatic N) is 3. The van der Waals surface area contributed by atoms with Crippen LogP contribution in [0, 0.1) is 0 Å². The first kappa shape index (κ1) is 29.2. The summed E-state index contributed by atoms with van der Waals surface area (Å²) in [6.45, 7) is 0. The molecule has 4 aromatic heterocycles. The Morgan fingerprint density at radius 1 is 0.647 bits per heavy atom. The van der Waals surface area contributed by atoms with Gasteiger partial charge in [0.05, 0.1) is 64.3 Å². The van der Waals surface area contributed by atoms with Crippen molar-refractivity contribution in [3.8, 4) is 0 Å². The number of H-pyrrole nitrogens is 3. The summed E-state index contributed by atoms with van der Waals surface area (Å²) in [5, 5.41) is 24.9. The standard InChI is InChI=1S/C40H30N8O3/c49-39-26-11-5-13-28-31(26)36(45-47-39)30(24-15-16-51-20-24)35(44-28)23-10-4-7-21(17-23)18-25-19-41-38(42-25)33-34(22-8-2-1-3-9-22)43-29-14-6-12-27-32(29)37(33)46-48-40(27)50/h1-17,19-20,30,33-35,43-44H,18H2,(H,41,42)(H,47,49)(H,48,50). The highest BCUT2D eigenvalue weighted by Crippen LogP contribution is 2.47. The zero-order valence-electron chi connectivity index (χ0n) is 27.1. The lowest BCUT2D eigenvalue weighted by molar-refractivity contribution is 0.554. The molecule has 2 aliphatic rings. The number of furan rings is 1. The molecule has 8 aromatic rings. The van der Waals surface area contributed by atoms with Crippen LogP contribution in [0.25, 0.3) is 21.5 Å². The average Bonchev–Trinajstić information content (AvgIpc) is 3.87. The first-order valence-corrected chi connectivity index (χ1v) is 16.9. The van der Waals surface area contributed by atoms with Gasteiger partial charge >= 0.3 is 0 Å².